The van der Waals surface area contributed by atoms with Crippen molar-refractivity contribution in [3.63, 3.8) is 0 Å². The van der Waals surface area contributed by atoms with Crippen LogP contribution in [0.25, 0.3) is 21.9 Å². The van der Waals surface area contributed by atoms with Crippen molar-refractivity contribution in [1.82, 2.24) is 4.57 Å². The lowest BCUT2D eigenvalue weighted by atomic mass is 10.1. The summed E-state index contributed by atoms with van der Waals surface area (Å²) in [5.41, 5.74) is 1.64. The molecule has 0 spiro atoms. The number of hydrogen-bond donors (Lipinski definition) is 0. The Bertz CT molecular complexity index is 1280. The van der Waals surface area contributed by atoms with Crippen LogP contribution in [0.3, 0.4) is 0 Å². The summed E-state index contributed by atoms with van der Waals surface area (Å²) in [7, 11) is 0. The number of oxazole rings is 1. The highest BCUT2D eigenvalue weighted by Gasteiger charge is 2.19. The van der Waals surface area contributed by atoms with Crippen LogP contribution in [0.4, 0.5) is 5.69 Å². The van der Waals surface area contributed by atoms with Gasteiger partial charge in [-0.15, -0.1) is 0 Å². The molecule has 7 nitrogen and oxygen atoms in total. The van der Waals surface area contributed by atoms with E-state index in [1.54, 1.807) is 29.2 Å². The minimum absolute atomic E-state index is 0.330. The van der Waals surface area contributed by atoms with Crippen LogP contribution in [0.5, 0.6) is 0 Å². The van der Waals surface area contributed by atoms with Crippen LogP contribution >= 0.6 is 0 Å². The summed E-state index contributed by atoms with van der Waals surface area (Å²) in [6.45, 7) is 1.54. The third-order valence-electron chi connectivity index (χ3n) is 4.89. The molecule has 0 aliphatic heterocycles. The first-order chi connectivity index (χ1) is 14.6. The molecule has 0 atom stereocenters. The third-order valence-corrected chi connectivity index (χ3v) is 4.89. The zero-order valence-corrected chi connectivity index (χ0v) is 16.4. The summed E-state index contributed by atoms with van der Waals surface area (Å²) in [5, 5.41) is 1.96. The quantitative estimate of drug-likeness (QED) is 0.461. The average molecular weight is 404 g/mol. The number of para-hydroxylation sites is 2. The summed E-state index contributed by atoms with van der Waals surface area (Å²) in [4.78, 5) is 38.6. The molecule has 0 saturated heterocycles. The van der Waals surface area contributed by atoms with Gasteiger partial charge in [-0.1, -0.05) is 48.5 Å². The Morgan fingerprint density at radius 3 is 2.57 bits per heavy atom. The fourth-order valence-corrected chi connectivity index (χ4v) is 3.48. The van der Waals surface area contributed by atoms with Gasteiger partial charge in [-0.2, -0.15) is 0 Å². The number of fused-ring (bicyclic) bond motifs is 2. The second-order valence-electron chi connectivity index (χ2n) is 6.72. The van der Waals surface area contributed by atoms with Crippen molar-refractivity contribution in [2.45, 2.75) is 13.5 Å². The van der Waals surface area contributed by atoms with Crippen molar-refractivity contribution in [1.29, 1.82) is 0 Å². The van der Waals surface area contributed by atoms with Crippen LogP contribution in [0, 0.1) is 0 Å². The van der Waals surface area contributed by atoms with Crippen molar-refractivity contribution >= 4 is 39.4 Å². The van der Waals surface area contributed by atoms with Gasteiger partial charge < -0.3 is 14.1 Å². The van der Waals surface area contributed by atoms with E-state index in [2.05, 4.69) is 0 Å². The molecule has 4 aromatic rings. The molecule has 0 fully saturated rings. The Labute approximate surface area is 172 Å². The van der Waals surface area contributed by atoms with E-state index >= 15 is 0 Å². The van der Waals surface area contributed by atoms with Crippen molar-refractivity contribution in [3.05, 3.63) is 77.3 Å². The summed E-state index contributed by atoms with van der Waals surface area (Å²) < 4.78 is 11.5. The van der Waals surface area contributed by atoms with Gasteiger partial charge in [-0.05, 0) is 30.5 Å². The van der Waals surface area contributed by atoms with Gasteiger partial charge in [0.05, 0.1) is 11.2 Å². The molecular weight excluding hydrogens is 384 g/mol. The van der Waals surface area contributed by atoms with Gasteiger partial charge in [0, 0.05) is 11.9 Å². The van der Waals surface area contributed by atoms with Crippen LogP contribution in [0.2, 0.25) is 0 Å². The van der Waals surface area contributed by atoms with Crippen LogP contribution in [-0.2, 0) is 20.9 Å². The second-order valence-corrected chi connectivity index (χ2v) is 6.72. The Morgan fingerprint density at radius 2 is 1.73 bits per heavy atom. The van der Waals surface area contributed by atoms with Gasteiger partial charge >= 0.3 is 11.7 Å². The van der Waals surface area contributed by atoms with Crippen molar-refractivity contribution < 1.29 is 18.7 Å². The number of esters is 1. The number of ether oxygens (including phenoxy) is 1. The molecule has 3 aromatic carbocycles. The fraction of sp³-hybridized carbons (Fsp3) is 0.174. The molecule has 4 rings (SSSR count). The standard InChI is InChI=1S/C23H20N2O5/c1-2-24(18-12-7-9-16-8-3-4-10-17(16)18)21(26)15-29-22(27)14-25-19-11-5-6-13-20(19)30-23(25)28/h3-13H,2,14-15H2,1H3. The number of benzene rings is 3. The maximum absolute atomic E-state index is 12.8. The molecular formula is C23H20N2O5. The number of amides is 1. The lowest BCUT2D eigenvalue weighted by molar-refractivity contribution is -0.148. The monoisotopic (exact) mass is 404 g/mol. The molecule has 1 aromatic heterocycles. The Kier molecular flexibility index (Phi) is 5.34. The number of hydrogen-bond acceptors (Lipinski definition) is 5. The fourth-order valence-electron chi connectivity index (χ4n) is 3.48. The molecule has 0 saturated carbocycles. The number of rotatable bonds is 6. The molecule has 0 aliphatic rings. The largest absolute Gasteiger partial charge is 0.454 e. The molecule has 0 aliphatic carbocycles. The lowest BCUT2D eigenvalue weighted by Gasteiger charge is -2.22. The van der Waals surface area contributed by atoms with Gasteiger partial charge in [0.2, 0.25) is 0 Å². The Balaban J connectivity index is 1.47. The van der Waals surface area contributed by atoms with Gasteiger partial charge in [0.25, 0.3) is 5.91 Å². The van der Waals surface area contributed by atoms with E-state index in [0.717, 1.165) is 16.5 Å². The van der Waals surface area contributed by atoms with E-state index in [1.807, 2.05) is 49.4 Å². The molecule has 7 heteroatoms. The number of nitrogens with zero attached hydrogens (tertiary/aromatic N) is 2. The van der Waals surface area contributed by atoms with E-state index in [4.69, 9.17) is 9.15 Å². The molecule has 0 radical (unpaired) electrons. The van der Waals surface area contributed by atoms with E-state index in [1.165, 1.54) is 4.57 Å². The zero-order chi connectivity index (χ0) is 21.1. The molecule has 0 bridgehead atoms. The predicted molar refractivity (Wildman–Crippen MR) is 113 cm³/mol. The molecule has 0 N–H and O–H groups in total. The number of aromatic nitrogens is 1. The first kappa shape index (κ1) is 19.4. The highest BCUT2D eigenvalue weighted by molar-refractivity contribution is 6.04. The molecule has 152 valence electrons. The van der Waals surface area contributed by atoms with Gasteiger partial charge in [-0.25, -0.2) is 4.79 Å². The molecule has 1 heterocycles. The number of carbonyl (C=O) groups excluding carboxylic acids is 2. The van der Waals surface area contributed by atoms with Crippen molar-refractivity contribution in [2.24, 2.45) is 0 Å². The van der Waals surface area contributed by atoms with E-state index < -0.39 is 18.3 Å². The topological polar surface area (TPSA) is 81.8 Å². The second kappa shape index (κ2) is 8.24. The highest BCUT2D eigenvalue weighted by Crippen LogP contribution is 2.26. The number of anilines is 1. The first-order valence-corrected chi connectivity index (χ1v) is 9.60. The molecule has 1 amide bonds. The smallest absolute Gasteiger partial charge is 0.420 e. The predicted octanol–water partition coefficient (Wildman–Crippen LogP) is 3.34. The van der Waals surface area contributed by atoms with E-state index in [0.29, 0.717) is 17.6 Å². The summed E-state index contributed by atoms with van der Waals surface area (Å²) >= 11 is 0. The molecule has 0 unspecified atom stereocenters. The van der Waals surface area contributed by atoms with Gasteiger partial charge in [0.15, 0.2) is 12.2 Å². The van der Waals surface area contributed by atoms with Crippen LogP contribution in [0.15, 0.2) is 75.9 Å². The minimum Gasteiger partial charge on any atom is -0.454 e. The summed E-state index contributed by atoms with van der Waals surface area (Å²) in [5.74, 6) is -1.68. The van der Waals surface area contributed by atoms with E-state index in [-0.39, 0.29) is 12.5 Å². The summed E-state index contributed by atoms with van der Waals surface area (Å²) in [6, 6.07) is 20.3. The van der Waals surface area contributed by atoms with Gasteiger partial charge in [-0.3, -0.25) is 14.2 Å². The van der Waals surface area contributed by atoms with Crippen LogP contribution in [-0.4, -0.2) is 29.6 Å². The number of carbonyl (C=O) groups is 2. The van der Waals surface area contributed by atoms with Crippen LogP contribution < -0.4 is 10.7 Å². The first-order valence-electron chi connectivity index (χ1n) is 9.60. The zero-order valence-electron chi connectivity index (χ0n) is 16.4. The normalized spacial score (nSPS) is 11.0. The van der Waals surface area contributed by atoms with Gasteiger partial charge in [0.1, 0.15) is 6.54 Å². The van der Waals surface area contributed by atoms with E-state index in [9.17, 15) is 14.4 Å². The van der Waals surface area contributed by atoms with Crippen molar-refractivity contribution in [3.8, 4) is 0 Å². The maximum Gasteiger partial charge on any atom is 0.420 e. The molecule has 30 heavy (non-hydrogen) atoms. The Hall–Kier alpha value is -3.87. The minimum atomic E-state index is -0.689. The SMILES string of the molecule is CCN(C(=O)COC(=O)Cn1c(=O)oc2ccccc21)c1cccc2ccccc12. The third kappa shape index (κ3) is 3.69. The maximum atomic E-state index is 12.8. The average Bonchev–Trinajstić information content (AvgIpc) is 3.08. The summed E-state index contributed by atoms with van der Waals surface area (Å²) in [6.07, 6.45) is 0. The van der Waals surface area contributed by atoms with Crippen LogP contribution in [0.1, 0.15) is 6.92 Å². The highest BCUT2D eigenvalue weighted by atomic mass is 16.5. The Morgan fingerprint density at radius 1 is 1.00 bits per heavy atom. The lowest BCUT2D eigenvalue weighted by Crippen LogP contribution is -2.35. The number of likely N-dealkylation sites (N-methyl/N-ethyl adjacent to an activating group) is 1. The van der Waals surface area contributed by atoms with Crippen molar-refractivity contribution in [2.75, 3.05) is 18.1 Å².